The SMILES string of the molecule is NSP(=O)(SN)N1CCOS1. The van der Waals surface area contributed by atoms with Gasteiger partial charge in [0.2, 0.25) is 0 Å². The van der Waals surface area contributed by atoms with Gasteiger partial charge in [-0.2, -0.15) is 4.08 Å². The maximum atomic E-state index is 11.7. The Morgan fingerprint density at radius 3 is 2.55 bits per heavy atom. The van der Waals surface area contributed by atoms with Crippen molar-refractivity contribution >= 4 is 41.1 Å². The lowest BCUT2D eigenvalue weighted by atomic mass is 10.8. The van der Waals surface area contributed by atoms with Crippen LogP contribution in [0.4, 0.5) is 0 Å². The van der Waals surface area contributed by atoms with Gasteiger partial charge in [-0.25, -0.2) is 0 Å². The minimum atomic E-state index is -2.67. The van der Waals surface area contributed by atoms with Crippen LogP contribution in [0.5, 0.6) is 0 Å². The summed E-state index contributed by atoms with van der Waals surface area (Å²) in [5.74, 6) is 0. The number of hydrogen-bond acceptors (Lipinski definition) is 7. The molecule has 1 aliphatic heterocycles. The molecule has 9 heteroatoms. The van der Waals surface area contributed by atoms with Gasteiger partial charge < -0.3 is 0 Å². The van der Waals surface area contributed by atoms with Crippen LogP contribution in [-0.2, 0) is 8.75 Å². The summed E-state index contributed by atoms with van der Waals surface area (Å²) in [4.78, 5) is 0. The number of nitrogens with two attached hydrogens (primary N) is 2. The van der Waals surface area contributed by atoms with E-state index < -0.39 is 5.70 Å². The molecule has 5 nitrogen and oxygen atoms in total. The lowest BCUT2D eigenvalue weighted by Gasteiger charge is -2.18. The molecule has 0 unspecified atom stereocenters. The summed E-state index contributed by atoms with van der Waals surface area (Å²) in [7, 11) is 0. The lowest BCUT2D eigenvalue weighted by Crippen LogP contribution is -2.08. The lowest BCUT2D eigenvalue weighted by molar-refractivity contribution is 0.411. The third-order valence-corrected chi connectivity index (χ3v) is 8.79. The van der Waals surface area contributed by atoms with Gasteiger partial charge in [0.1, 0.15) is 0 Å². The molecular formula is C2H8N3O2PS3. The van der Waals surface area contributed by atoms with E-state index in [1.807, 2.05) is 0 Å². The fourth-order valence-corrected chi connectivity index (χ4v) is 4.92. The third kappa shape index (κ3) is 2.28. The van der Waals surface area contributed by atoms with Crippen LogP contribution in [0.2, 0.25) is 0 Å². The van der Waals surface area contributed by atoms with Crippen molar-refractivity contribution in [2.75, 3.05) is 13.2 Å². The predicted octanol–water partition coefficient (Wildman–Crippen LogP) is 1.20. The smallest absolute Gasteiger partial charge is 0.296 e. The second-order valence-electron chi connectivity index (χ2n) is 1.65. The van der Waals surface area contributed by atoms with Gasteiger partial charge in [0.15, 0.2) is 0 Å². The molecule has 0 spiro atoms. The molecule has 66 valence electrons. The average molecular weight is 233 g/mol. The second kappa shape index (κ2) is 4.38. The zero-order valence-electron chi connectivity index (χ0n) is 5.50. The average Bonchev–Trinajstić information content (AvgIpc) is 2.55. The molecule has 1 rings (SSSR count). The molecular weight excluding hydrogens is 225 g/mol. The fraction of sp³-hybridized carbons (Fsp3) is 1.00. The van der Waals surface area contributed by atoms with Crippen molar-refractivity contribution in [3.05, 3.63) is 0 Å². The Balaban J connectivity index is 2.60. The molecule has 0 aromatic rings. The molecule has 1 heterocycles. The molecule has 1 saturated heterocycles. The highest BCUT2D eigenvalue weighted by Gasteiger charge is 2.34. The van der Waals surface area contributed by atoms with Crippen LogP contribution in [-0.4, -0.2) is 17.2 Å². The summed E-state index contributed by atoms with van der Waals surface area (Å²) < 4.78 is 18.2. The molecule has 0 bridgehead atoms. The van der Waals surface area contributed by atoms with E-state index in [0.717, 1.165) is 35.4 Å². The topological polar surface area (TPSA) is 81.6 Å². The highest BCUT2D eigenvalue weighted by Crippen LogP contribution is 2.69. The van der Waals surface area contributed by atoms with E-state index in [1.54, 1.807) is 4.08 Å². The number of hydrogen-bond donors (Lipinski definition) is 2. The van der Waals surface area contributed by atoms with E-state index in [1.165, 1.54) is 0 Å². The monoisotopic (exact) mass is 233 g/mol. The van der Waals surface area contributed by atoms with E-state index in [2.05, 4.69) is 0 Å². The summed E-state index contributed by atoms with van der Waals surface area (Å²) >= 11 is 2.64. The molecule has 0 radical (unpaired) electrons. The predicted molar refractivity (Wildman–Crippen MR) is 51.4 cm³/mol. The van der Waals surface area contributed by atoms with E-state index in [4.69, 9.17) is 14.5 Å². The normalized spacial score (nSPS) is 20.9. The first-order valence-corrected chi connectivity index (χ1v) is 8.00. The molecule has 4 N–H and O–H groups in total. The largest absolute Gasteiger partial charge is 0.299 e. The first-order chi connectivity index (χ1) is 5.23. The number of nitrogens with zero attached hydrogens (tertiary/aromatic N) is 1. The van der Waals surface area contributed by atoms with Gasteiger partial charge in [0, 0.05) is 29.7 Å². The molecule has 0 aromatic heterocycles. The van der Waals surface area contributed by atoms with Crippen molar-refractivity contribution in [1.82, 2.24) is 4.08 Å². The Labute approximate surface area is 77.5 Å². The Hall–Kier alpha value is 1.12. The Morgan fingerprint density at radius 1 is 1.55 bits per heavy atom. The maximum Gasteiger partial charge on any atom is 0.296 e. The molecule has 0 saturated carbocycles. The minimum Gasteiger partial charge on any atom is -0.299 e. The van der Waals surface area contributed by atoms with Crippen molar-refractivity contribution in [3.63, 3.8) is 0 Å². The quantitative estimate of drug-likeness (QED) is 0.427. The summed E-state index contributed by atoms with van der Waals surface area (Å²) in [6.07, 6.45) is 0. The molecule has 1 aliphatic rings. The van der Waals surface area contributed by atoms with Crippen molar-refractivity contribution in [2.24, 2.45) is 10.3 Å². The fourth-order valence-electron chi connectivity index (χ4n) is 0.544. The van der Waals surface area contributed by atoms with Crippen LogP contribution in [0.3, 0.4) is 0 Å². The second-order valence-corrected chi connectivity index (χ2v) is 9.52. The van der Waals surface area contributed by atoms with Crippen LogP contribution in [0, 0.1) is 0 Å². The van der Waals surface area contributed by atoms with Gasteiger partial charge in [0.05, 0.1) is 18.8 Å². The zero-order chi connectivity index (χ0) is 8.32. The van der Waals surface area contributed by atoms with Crippen molar-refractivity contribution in [2.45, 2.75) is 0 Å². The van der Waals surface area contributed by atoms with Crippen LogP contribution in [0.15, 0.2) is 0 Å². The molecule has 0 amide bonds. The Morgan fingerprint density at radius 2 is 2.18 bits per heavy atom. The number of rotatable bonds is 3. The molecule has 0 aliphatic carbocycles. The first kappa shape index (κ1) is 10.2. The van der Waals surface area contributed by atoms with Gasteiger partial charge >= 0.3 is 0 Å². The maximum absolute atomic E-state index is 11.7. The van der Waals surface area contributed by atoms with Crippen molar-refractivity contribution < 1.29 is 8.75 Å². The van der Waals surface area contributed by atoms with Crippen LogP contribution < -0.4 is 10.3 Å². The van der Waals surface area contributed by atoms with Gasteiger partial charge in [0.25, 0.3) is 5.70 Å². The molecule has 11 heavy (non-hydrogen) atoms. The van der Waals surface area contributed by atoms with E-state index in [9.17, 15) is 4.57 Å². The Kier molecular flexibility index (Phi) is 4.06. The first-order valence-electron chi connectivity index (χ1n) is 2.67. The van der Waals surface area contributed by atoms with Crippen molar-refractivity contribution in [1.29, 1.82) is 0 Å². The van der Waals surface area contributed by atoms with Crippen LogP contribution in [0.25, 0.3) is 0 Å². The molecule has 1 fully saturated rings. The van der Waals surface area contributed by atoms with E-state index >= 15 is 0 Å². The van der Waals surface area contributed by atoms with E-state index in [-0.39, 0.29) is 0 Å². The van der Waals surface area contributed by atoms with E-state index in [0.29, 0.717) is 13.2 Å². The third-order valence-electron chi connectivity index (χ3n) is 1.04. The van der Waals surface area contributed by atoms with Gasteiger partial charge in [-0.15, -0.1) is 0 Å². The highest BCUT2D eigenvalue weighted by molar-refractivity contribution is 8.89. The van der Waals surface area contributed by atoms with Crippen LogP contribution in [0.1, 0.15) is 0 Å². The summed E-state index contributed by atoms with van der Waals surface area (Å²) in [6.45, 7) is 1.17. The highest BCUT2D eigenvalue weighted by atomic mass is 33.1. The van der Waals surface area contributed by atoms with Gasteiger partial charge in [-0.05, 0) is 0 Å². The van der Waals surface area contributed by atoms with Crippen LogP contribution >= 0.6 is 41.1 Å². The Bertz CT molecular complexity index is 166. The van der Waals surface area contributed by atoms with Gasteiger partial charge in [-0.1, -0.05) is 0 Å². The van der Waals surface area contributed by atoms with Gasteiger partial charge in [-0.3, -0.25) is 19.0 Å². The standard InChI is InChI=1S/C2H8N3O2PS3/c3-9-8(6,10-4)5-1-2-7-11-5/h1-4H2. The minimum absolute atomic E-state index is 0.565. The zero-order valence-corrected chi connectivity index (χ0v) is 8.85. The molecule has 0 atom stereocenters. The summed E-state index contributed by atoms with van der Waals surface area (Å²) in [5, 5.41) is 10.5. The van der Waals surface area contributed by atoms with Crippen molar-refractivity contribution in [3.8, 4) is 0 Å². The summed E-state index contributed by atoms with van der Waals surface area (Å²) in [6, 6.07) is 0. The summed E-state index contributed by atoms with van der Waals surface area (Å²) in [5.41, 5.74) is -2.67. The molecule has 0 aromatic carbocycles.